The van der Waals surface area contributed by atoms with E-state index in [-0.39, 0.29) is 23.1 Å². The smallest absolute Gasteiger partial charge is 0.344 e. The number of nitrogens with zero attached hydrogens (tertiary/aromatic N) is 2. The van der Waals surface area contributed by atoms with Gasteiger partial charge in [0.25, 0.3) is 0 Å². The highest BCUT2D eigenvalue weighted by Gasteiger charge is 2.33. The molecule has 0 radical (unpaired) electrons. The molecule has 1 aliphatic heterocycles. The predicted molar refractivity (Wildman–Crippen MR) is 98.2 cm³/mol. The van der Waals surface area contributed by atoms with Gasteiger partial charge in [-0.2, -0.15) is 4.98 Å². The fraction of sp³-hybridized carbons (Fsp3) is 0.722. The Morgan fingerprint density at radius 1 is 1.28 bits per heavy atom. The van der Waals surface area contributed by atoms with Crippen LogP contribution >= 0.6 is 0 Å². The van der Waals surface area contributed by atoms with Crippen molar-refractivity contribution < 1.29 is 4.79 Å². The number of likely N-dealkylation sites (N-methyl/N-ethyl adjacent to an activating group) is 1. The number of aryl methyl sites for hydroxylation is 2. The maximum Gasteiger partial charge on any atom is 0.345 e. The number of hydrogen-bond acceptors (Lipinski definition) is 5. The number of rotatable bonds is 5. The molecule has 2 rings (SSSR count). The van der Waals surface area contributed by atoms with E-state index in [1.165, 1.54) is 0 Å². The molecule has 7 nitrogen and oxygen atoms in total. The second-order valence-corrected chi connectivity index (χ2v) is 8.15. The molecule has 1 aliphatic rings. The van der Waals surface area contributed by atoms with E-state index >= 15 is 0 Å². The number of hydrazine groups is 1. The Bertz CT molecular complexity index is 651. The molecule has 0 saturated carbocycles. The molecule has 1 aromatic rings. The summed E-state index contributed by atoms with van der Waals surface area (Å²) in [6.07, 6.45) is 2.00. The molecule has 2 unspecified atom stereocenters. The van der Waals surface area contributed by atoms with Crippen molar-refractivity contribution in [2.45, 2.75) is 66.0 Å². The number of hydrogen-bond donors (Lipinski definition) is 3. The summed E-state index contributed by atoms with van der Waals surface area (Å²) in [7, 11) is 1.85. The Morgan fingerprint density at radius 2 is 1.96 bits per heavy atom. The second kappa shape index (κ2) is 7.66. The number of carbonyl (C=O) groups excluding carboxylic acids is 1. The van der Waals surface area contributed by atoms with E-state index in [2.05, 4.69) is 41.6 Å². The SMILES string of the molecule is Cc1nc(=O)[nH]c(C)c1CCC(=O)N(C)CC1CC(C(C)(C)C)NN1. The molecule has 1 amide bonds. The summed E-state index contributed by atoms with van der Waals surface area (Å²) >= 11 is 0. The van der Waals surface area contributed by atoms with Gasteiger partial charge in [-0.25, -0.2) is 4.79 Å². The van der Waals surface area contributed by atoms with E-state index in [4.69, 9.17) is 0 Å². The van der Waals surface area contributed by atoms with Crippen LogP contribution in [0.25, 0.3) is 0 Å². The van der Waals surface area contributed by atoms with Crippen LogP contribution in [0, 0.1) is 19.3 Å². The molecule has 0 aliphatic carbocycles. The molecule has 140 valence electrons. The lowest BCUT2D eigenvalue weighted by molar-refractivity contribution is -0.130. The maximum absolute atomic E-state index is 12.5. The Kier molecular flexibility index (Phi) is 6.00. The Balaban J connectivity index is 1.86. The molecule has 1 aromatic heterocycles. The topological polar surface area (TPSA) is 90.1 Å². The van der Waals surface area contributed by atoms with E-state index in [9.17, 15) is 9.59 Å². The summed E-state index contributed by atoms with van der Waals surface area (Å²) in [6, 6.07) is 0.662. The molecular weight excluding hydrogens is 318 g/mol. The van der Waals surface area contributed by atoms with Gasteiger partial charge in [0.1, 0.15) is 0 Å². The van der Waals surface area contributed by atoms with Crippen LogP contribution in [-0.4, -0.2) is 46.5 Å². The van der Waals surface area contributed by atoms with Gasteiger partial charge in [-0.3, -0.25) is 15.6 Å². The third-order valence-corrected chi connectivity index (χ3v) is 4.99. The van der Waals surface area contributed by atoms with Crippen LogP contribution in [-0.2, 0) is 11.2 Å². The van der Waals surface area contributed by atoms with Crippen molar-refractivity contribution in [3.63, 3.8) is 0 Å². The summed E-state index contributed by atoms with van der Waals surface area (Å²) in [5, 5.41) is 0. The maximum atomic E-state index is 12.5. The van der Waals surface area contributed by atoms with Gasteiger partial charge in [0.05, 0.1) is 0 Å². The van der Waals surface area contributed by atoms with Gasteiger partial charge in [-0.1, -0.05) is 20.8 Å². The van der Waals surface area contributed by atoms with Gasteiger partial charge >= 0.3 is 5.69 Å². The lowest BCUT2D eigenvalue weighted by Crippen LogP contribution is -2.42. The molecule has 25 heavy (non-hydrogen) atoms. The normalized spacial score (nSPS) is 20.7. The van der Waals surface area contributed by atoms with Gasteiger partial charge in [-0.15, -0.1) is 0 Å². The third kappa shape index (κ3) is 5.12. The van der Waals surface area contributed by atoms with Gasteiger partial charge < -0.3 is 9.88 Å². The van der Waals surface area contributed by atoms with Gasteiger partial charge in [0, 0.05) is 43.5 Å². The fourth-order valence-corrected chi connectivity index (χ4v) is 3.29. The minimum absolute atomic E-state index is 0.103. The molecule has 1 fully saturated rings. The molecular formula is C18H31N5O2. The van der Waals surface area contributed by atoms with Crippen LogP contribution in [0.4, 0.5) is 0 Å². The molecule has 7 heteroatoms. The molecule has 0 aromatic carbocycles. The molecule has 2 heterocycles. The van der Waals surface area contributed by atoms with Crippen LogP contribution in [0.1, 0.15) is 50.6 Å². The first-order chi connectivity index (χ1) is 11.6. The number of aromatic nitrogens is 2. The van der Waals surface area contributed by atoms with Crippen LogP contribution < -0.4 is 16.5 Å². The summed E-state index contributed by atoms with van der Waals surface area (Å²) < 4.78 is 0. The van der Waals surface area contributed by atoms with Crippen molar-refractivity contribution in [1.29, 1.82) is 0 Å². The van der Waals surface area contributed by atoms with Gasteiger partial charge in [0.2, 0.25) is 5.91 Å². The number of amides is 1. The summed E-state index contributed by atoms with van der Waals surface area (Å²) in [5.41, 5.74) is 8.94. The lowest BCUT2D eigenvalue weighted by Gasteiger charge is -2.26. The molecule has 2 atom stereocenters. The Hall–Kier alpha value is -1.73. The van der Waals surface area contributed by atoms with E-state index < -0.39 is 0 Å². The quantitative estimate of drug-likeness (QED) is 0.739. The predicted octanol–water partition coefficient (Wildman–Crippen LogP) is 1.06. The zero-order valence-electron chi connectivity index (χ0n) is 16.2. The van der Waals surface area contributed by atoms with Crippen molar-refractivity contribution >= 4 is 5.91 Å². The van der Waals surface area contributed by atoms with Crippen molar-refractivity contribution in [3.05, 3.63) is 27.4 Å². The van der Waals surface area contributed by atoms with E-state index in [1.54, 1.807) is 4.90 Å². The average molecular weight is 349 g/mol. The van der Waals surface area contributed by atoms with E-state index in [0.717, 1.165) is 17.7 Å². The minimum Gasteiger partial charge on any atom is -0.344 e. The monoisotopic (exact) mass is 349 g/mol. The largest absolute Gasteiger partial charge is 0.345 e. The summed E-state index contributed by atoms with van der Waals surface area (Å²) in [6.45, 7) is 11.0. The number of H-pyrrole nitrogens is 1. The fourth-order valence-electron chi connectivity index (χ4n) is 3.29. The van der Waals surface area contributed by atoms with Crippen LogP contribution in [0.5, 0.6) is 0 Å². The third-order valence-electron chi connectivity index (χ3n) is 4.99. The molecule has 0 bridgehead atoms. The first kappa shape index (κ1) is 19.6. The van der Waals surface area contributed by atoms with Crippen molar-refractivity contribution in [3.8, 4) is 0 Å². The zero-order chi connectivity index (χ0) is 18.8. The number of aromatic amines is 1. The second-order valence-electron chi connectivity index (χ2n) is 8.15. The standard InChI is InChI=1S/C18H31N5O2/c1-11-14(12(2)20-17(25)19-11)7-8-16(24)23(6)10-13-9-15(22-21-13)18(3,4)5/h13,15,21-22H,7-10H2,1-6H3,(H,19,20,25). The van der Waals surface area contributed by atoms with Crippen LogP contribution in [0.2, 0.25) is 0 Å². The molecule has 1 saturated heterocycles. The molecule has 0 spiro atoms. The highest BCUT2D eigenvalue weighted by atomic mass is 16.2. The lowest BCUT2D eigenvalue weighted by atomic mass is 9.84. The van der Waals surface area contributed by atoms with Gasteiger partial charge in [0.15, 0.2) is 0 Å². The first-order valence-electron chi connectivity index (χ1n) is 8.89. The van der Waals surface area contributed by atoms with Crippen molar-refractivity contribution in [2.24, 2.45) is 5.41 Å². The van der Waals surface area contributed by atoms with E-state index in [0.29, 0.717) is 31.1 Å². The highest BCUT2D eigenvalue weighted by molar-refractivity contribution is 5.76. The number of nitrogens with one attached hydrogen (secondary N) is 3. The van der Waals surface area contributed by atoms with Crippen molar-refractivity contribution in [2.75, 3.05) is 13.6 Å². The summed E-state index contributed by atoms with van der Waals surface area (Å²) in [4.78, 5) is 32.2. The minimum atomic E-state index is -0.338. The molecule has 3 N–H and O–H groups in total. The van der Waals surface area contributed by atoms with Gasteiger partial charge in [-0.05, 0) is 37.7 Å². The summed E-state index contributed by atoms with van der Waals surface area (Å²) in [5.74, 6) is 0.103. The highest BCUT2D eigenvalue weighted by Crippen LogP contribution is 2.25. The van der Waals surface area contributed by atoms with Crippen LogP contribution in [0.3, 0.4) is 0 Å². The Morgan fingerprint density at radius 3 is 2.52 bits per heavy atom. The Labute approximate surface area is 149 Å². The average Bonchev–Trinajstić information content (AvgIpc) is 2.94. The number of carbonyl (C=O) groups is 1. The van der Waals surface area contributed by atoms with E-state index in [1.807, 2.05) is 20.9 Å². The van der Waals surface area contributed by atoms with Crippen molar-refractivity contribution in [1.82, 2.24) is 25.7 Å². The zero-order valence-corrected chi connectivity index (χ0v) is 16.2. The van der Waals surface area contributed by atoms with Crippen LogP contribution in [0.15, 0.2) is 4.79 Å². The first-order valence-corrected chi connectivity index (χ1v) is 8.89.